The van der Waals surface area contributed by atoms with E-state index in [0.29, 0.717) is 0 Å². The van der Waals surface area contributed by atoms with E-state index in [-0.39, 0.29) is 5.92 Å². The van der Waals surface area contributed by atoms with Gasteiger partial charge in [0, 0.05) is 25.0 Å². The molecule has 15 heavy (non-hydrogen) atoms. The van der Waals surface area contributed by atoms with Gasteiger partial charge in [0.15, 0.2) is 0 Å². The highest BCUT2D eigenvalue weighted by Crippen LogP contribution is 2.20. The summed E-state index contributed by atoms with van der Waals surface area (Å²) in [6, 6.07) is 8.15. The van der Waals surface area contributed by atoms with Crippen molar-refractivity contribution in [2.75, 3.05) is 24.2 Å². The molecule has 1 rings (SSSR count). The second kappa shape index (κ2) is 4.70. The highest BCUT2D eigenvalue weighted by atomic mass is 15.1. The van der Waals surface area contributed by atoms with Crippen LogP contribution in [0.5, 0.6) is 0 Å². The average molecular weight is 203 g/mol. The first kappa shape index (κ1) is 11.4. The summed E-state index contributed by atoms with van der Waals surface area (Å²) < 4.78 is 0. The van der Waals surface area contributed by atoms with Crippen LogP contribution >= 0.6 is 0 Å². The number of aryl methyl sites for hydroxylation is 1. The molecule has 0 aromatic heterocycles. The molecule has 2 N–H and O–H groups in total. The molecule has 80 valence electrons. The third-order valence-corrected chi connectivity index (χ3v) is 2.46. The molecule has 3 heteroatoms. The summed E-state index contributed by atoms with van der Waals surface area (Å²) >= 11 is 0. The van der Waals surface area contributed by atoms with Gasteiger partial charge in [-0.15, -0.1) is 0 Å². The van der Waals surface area contributed by atoms with Crippen molar-refractivity contribution in [3.63, 3.8) is 0 Å². The SMILES string of the molecule is Cc1cc(N(C)CC(C)C#N)ccc1N. The van der Waals surface area contributed by atoms with Gasteiger partial charge in [-0.1, -0.05) is 0 Å². The topological polar surface area (TPSA) is 53.0 Å². The lowest BCUT2D eigenvalue weighted by Gasteiger charge is -2.21. The van der Waals surface area contributed by atoms with E-state index < -0.39 is 0 Å². The summed E-state index contributed by atoms with van der Waals surface area (Å²) in [7, 11) is 1.98. The summed E-state index contributed by atoms with van der Waals surface area (Å²) in [5.74, 6) is 0.0351. The minimum Gasteiger partial charge on any atom is -0.399 e. The molecule has 0 spiro atoms. The Morgan fingerprint density at radius 2 is 2.20 bits per heavy atom. The Morgan fingerprint density at radius 3 is 2.73 bits per heavy atom. The minimum absolute atomic E-state index is 0.0351. The third-order valence-electron chi connectivity index (χ3n) is 2.46. The maximum absolute atomic E-state index is 8.73. The number of rotatable bonds is 3. The highest BCUT2D eigenvalue weighted by molar-refractivity contribution is 5.57. The fourth-order valence-corrected chi connectivity index (χ4v) is 1.45. The Labute approximate surface area is 91.1 Å². The zero-order chi connectivity index (χ0) is 11.4. The first-order valence-electron chi connectivity index (χ1n) is 5.01. The van der Waals surface area contributed by atoms with Gasteiger partial charge in [-0.3, -0.25) is 0 Å². The number of nitriles is 1. The molecule has 1 aromatic carbocycles. The van der Waals surface area contributed by atoms with Crippen molar-refractivity contribution in [3.8, 4) is 6.07 Å². The van der Waals surface area contributed by atoms with E-state index in [4.69, 9.17) is 11.0 Å². The van der Waals surface area contributed by atoms with Crippen LogP contribution in [-0.2, 0) is 0 Å². The van der Waals surface area contributed by atoms with Gasteiger partial charge >= 0.3 is 0 Å². The predicted octanol–water partition coefficient (Wildman–Crippen LogP) is 2.17. The Balaban J connectivity index is 2.79. The third kappa shape index (κ3) is 2.88. The van der Waals surface area contributed by atoms with Crippen molar-refractivity contribution in [2.45, 2.75) is 13.8 Å². The average Bonchev–Trinajstić information content (AvgIpc) is 2.21. The van der Waals surface area contributed by atoms with Crippen molar-refractivity contribution in [1.82, 2.24) is 0 Å². The zero-order valence-corrected chi connectivity index (χ0v) is 9.49. The van der Waals surface area contributed by atoms with E-state index in [1.165, 1.54) is 0 Å². The molecule has 0 fully saturated rings. The van der Waals surface area contributed by atoms with Crippen LogP contribution in [0, 0.1) is 24.2 Å². The molecule has 1 unspecified atom stereocenters. The molecule has 3 nitrogen and oxygen atoms in total. The van der Waals surface area contributed by atoms with Crippen LogP contribution in [0.4, 0.5) is 11.4 Å². The zero-order valence-electron chi connectivity index (χ0n) is 9.49. The Morgan fingerprint density at radius 1 is 1.53 bits per heavy atom. The van der Waals surface area contributed by atoms with E-state index in [2.05, 4.69) is 11.0 Å². The number of hydrogen-bond donors (Lipinski definition) is 1. The lowest BCUT2D eigenvalue weighted by atomic mass is 10.1. The monoisotopic (exact) mass is 203 g/mol. The van der Waals surface area contributed by atoms with Gasteiger partial charge in [-0.05, 0) is 37.6 Å². The first-order chi connectivity index (χ1) is 7.04. The lowest BCUT2D eigenvalue weighted by Crippen LogP contribution is -2.23. The quantitative estimate of drug-likeness (QED) is 0.766. The standard InChI is InChI=1S/C12H17N3/c1-9(7-13)8-15(3)11-4-5-12(14)10(2)6-11/h4-6,9H,8,14H2,1-3H3. The van der Waals surface area contributed by atoms with E-state index in [1.807, 2.05) is 39.1 Å². The summed E-state index contributed by atoms with van der Waals surface area (Å²) in [6.45, 7) is 4.64. The first-order valence-corrected chi connectivity index (χ1v) is 5.01. The normalized spacial score (nSPS) is 11.9. The van der Waals surface area contributed by atoms with Crippen LogP contribution in [0.3, 0.4) is 0 Å². The van der Waals surface area contributed by atoms with Crippen molar-refractivity contribution in [2.24, 2.45) is 5.92 Å². The van der Waals surface area contributed by atoms with Crippen molar-refractivity contribution in [3.05, 3.63) is 23.8 Å². The summed E-state index contributed by atoms with van der Waals surface area (Å²) in [4.78, 5) is 2.07. The molecule has 0 heterocycles. The molecule has 0 amide bonds. The number of nitrogen functional groups attached to an aromatic ring is 1. The van der Waals surface area contributed by atoms with Crippen molar-refractivity contribution in [1.29, 1.82) is 5.26 Å². The van der Waals surface area contributed by atoms with Gasteiger partial charge < -0.3 is 10.6 Å². The van der Waals surface area contributed by atoms with Crippen molar-refractivity contribution >= 4 is 11.4 Å². The molecule has 0 bridgehead atoms. The maximum atomic E-state index is 8.73. The molecular formula is C12H17N3. The molecule has 0 radical (unpaired) electrons. The largest absolute Gasteiger partial charge is 0.399 e. The van der Waals surface area contributed by atoms with E-state index in [1.54, 1.807) is 0 Å². The van der Waals surface area contributed by atoms with Gasteiger partial charge in [0.25, 0.3) is 0 Å². The van der Waals surface area contributed by atoms with Gasteiger partial charge in [0.2, 0.25) is 0 Å². The van der Waals surface area contributed by atoms with E-state index >= 15 is 0 Å². The van der Waals surface area contributed by atoms with E-state index in [0.717, 1.165) is 23.5 Å². The fourth-order valence-electron chi connectivity index (χ4n) is 1.45. The Kier molecular flexibility index (Phi) is 3.56. The van der Waals surface area contributed by atoms with Crippen LogP contribution in [0.15, 0.2) is 18.2 Å². The van der Waals surface area contributed by atoms with Crippen LogP contribution in [0.25, 0.3) is 0 Å². The number of benzene rings is 1. The van der Waals surface area contributed by atoms with Crippen molar-refractivity contribution < 1.29 is 0 Å². The van der Waals surface area contributed by atoms with Gasteiger partial charge in [0.05, 0.1) is 12.0 Å². The van der Waals surface area contributed by atoms with E-state index in [9.17, 15) is 0 Å². The smallest absolute Gasteiger partial charge is 0.0671 e. The number of hydrogen-bond acceptors (Lipinski definition) is 3. The highest BCUT2D eigenvalue weighted by Gasteiger charge is 2.06. The second-order valence-corrected chi connectivity index (χ2v) is 3.95. The summed E-state index contributed by atoms with van der Waals surface area (Å²) in [6.07, 6.45) is 0. The molecule has 0 saturated heterocycles. The molecular weight excluding hydrogens is 186 g/mol. The molecule has 0 saturated carbocycles. The van der Waals surface area contributed by atoms with Crippen LogP contribution in [0.1, 0.15) is 12.5 Å². The van der Waals surface area contributed by atoms with Gasteiger partial charge in [0.1, 0.15) is 0 Å². The van der Waals surface area contributed by atoms with Crippen LogP contribution < -0.4 is 10.6 Å². The molecule has 1 aromatic rings. The van der Waals surface area contributed by atoms with Crippen LogP contribution in [0.2, 0.25) is 0 Å². The molecule has 0 aliphatic heterocycles. The Hall–Kier alpha value is -1.69. The minimum atomic E-state index is 0.0351. The Bertz CT molecular complexity index is 379. The number of nitrogens with two attached hydrogens (primary N) is 1. The van der Waals surface area contributed by atoms with Gasteiger partial charge in [-0.2, -0.15) is 5.26 Å². The summed E-state index contributed by atoms with van der Waals surface area (Å²) in [5, 5.41) is 8.73. The predicted molar refractivity (Wildman–Crippen MR) is 63.6 cm³/mol. The molecule has 1 atom stereocenters. The lowest BCUT2D eigenvalue weighted by molar-refractivity contribution is 0.716. The molecule has 0 aliphatic carbocycles. The fraction of sp³-hybridized carbons (Fsp3) is 0.417. The van der Waals surface area contributed by atoms with Crippen LogP contribution in [-0.4, -0.2) is 13.6 Å². The second-order valence-electron chi connectivity index (χ2n) is 3.95. The maximum Gasteiger partial charge on any atom is 0.0671 e. The number of nitrogens with zero attached hydrogens (tertiary/aromatic N) is 2. The van der Waals surface area contributed by atoms with Gasteiger partial charge in [-0.25, -0.2) is 0 Å². The molecule has 0 aliphatic rings. The summed E-state index contributed by atoms with van der Waals surface area (Å²) in [5.41, 5.74) is 8.73. The number of anilines is 2.